The third kappa shape index (κ3) is 8.58. The van der Waals surface area contributed by atoms with Crippen molar-refractivity contribution in [2.75, 3.05) is 13.2 Å². The number of nitrogens with one attached hydrogen (secondary N) is 1. The molecule has 2 aromatic carbocycles. The van der Waals surface area contributed by atoms with Gasteiger partial charge in [0.25, 0.3) is 0 Å². The van der Waals surface area contributed by atoms with Crippen molar-refractivity contribution < 1.29 is 73.2 Å². The summed E-state index contributed by atoms with van der Waals surface area (Å²) >= 11 is 0. The Morgan fingerprint density at radius 2 is 1.54 bits per heavy atom. The average Bonchev–Trinajstić information content (AvgIpc) is 3.18. The minimum absolute atomic E-state index is 0.0637. The van der Waals surface area contributed by atoms with Crippen LogP contribution in [-0.2, 0) is 38.1 Å². The highest BCUT2D eigenvalue weighted by atomic mass is 16.6. The van der Waals surface area contributed by atoms with E-state index < -0.39 is 112 Å². The van der Waals surface area contributed by atoms with Crippen molar-refractivity contribution in [2.24, 2.45) is 16.7 Å². The Bertz CT molecular complexity index is 2000. The molecule has 1 aliphatic heterocycles. The van der Waals surface area contributed by atoms with E-state index in [9.17, 15) is 44.4 Å². The third-order valence-corrected chi connectivity index (χ3v) is 12.6. The monoisotopic (exact) mass is 853 g/mol. The molecule has 2 aromatic rings. The standard InChI is InChI=1S/C43H53NO14.C2H6O/c1-22-26(55-37(51)32(48)30(24-15-11-9-12-16-24)44-38(52)58-39(3,4)5)20-43(53)35(56-36(50)25-17-13-10-14-18-25)33-41(8,34(49)31(47)29(22)40(43,6)7)27(46)19-28-42(33,21-54-28)57-23(2)45;1-2-3/h9-18,26-28,30-33,35,46-48,53H,19-21H2,1-8H3,(H,44,52);3H,2H2,1H3/t26-,27-,28+,30-,31+,32?,33-,35-,41+,42-,43+;/m0./s1. The number of carbonyl (C=O) groups excluding carboxylic acids is 5. The molecule has 61 heavy (non-hydrogen) atoms. The number of aliphatic hydroxyl groups excluding tert-OH is 4. The van der Waals surface area contributed by atoms with Crippen LogP contribution in [0.15, 0.2) is 71.8 Å². The lowest BCUT2D eigenvalue weighted by Gasteiger charge is -2.67. The number of aliphatic hydroxyl groups is 5. The molecule has 6 N–H and O–H groups in total. The molecule has 0 aromatic heterocycles. The van der Waals surface area contributed by atoms with Crippen LogP contribution in [0.3, 0.4) is 0 Å². The fraction of sp³-hybridized carbons (Fsp3) is 0.578. The lowest BCUT2D eigenvalue weighted by Crippen LogP contribution is -2.81. The first-order valence-corrected chi connectivity index (χ1v) is 20.4. The topological polar surface area (TPSA) is 245 Å². The van der Waals surface area contributed by atoms with Gasteiger partial charge in [0.15, 0.2) is 17.5 Å². The molecule has 1 amide bonds. The van der Waals surface area contributed by atoms with Crippen molar-refractivity contribution in [2.45, 2.75) is 135 Å². The van der Waals surface area contributed by atoms with Crippen LogP contribution in [0.25, 0.3) is 0 Å². The van der Waals surface area contributed by atoms with Gasteiger partial charge in [-0.2, -0.15) is 0 Å². The number of ketones is 1. The maximum atomic E-state index is 14.9. The van der Waals surface area contributed by atoms with Crippen LogP contribution in [0.2, 0.25) is 0 Å². The third-order valence-electron chi connectivity index (χ3n) is 12.6. The summed E-state index contributed by atoms with van der Waals surface area (Å²) in [4.78, 5) is 68.9. The van der Waals surface area contributed by atoms with Gasteiger partial charge in [0.2, 0.25) is 0 Å². The van der Waals surface area contributed by atoms with Crippen LogP contribution in [0.4, 0.5) is 4.79 Å². The molecule has 4 aliphatic rings. The molecule has 3 fully saturated rings. The van der Waals surface area contributed by atoms with Crippen LogP contribution in [0.1, 0.15) is 97.1 Å². The second kappa shape index (κ2) is 17.6. The molecule has 3 aliphatic carbocycles. The van der Waals surface area contributed by atoms with Crippen LogP contribution >= 0.6 is 0 Å². The quantitative estimate of drug-likeness (QED) is 0.127. The molecule has 1 heterocycles. The number of fused-ring (bicyclic) bond motifs is 5. The van der Waals surface area contributed by atoms with Crippen LogP contribution in [-0.4, -0.2) is 122 Å². The molecule has 2 bridgehead atoms. The van der Waals surface area contributed by atoms with Crippen LogP contribution in [0.5, 0.6) is 0 Å². The van der Waals surface area contributed by atoms with E-state index in [2.05, 4.69) is 5.32 Å². The Kier molecular flexibility index (Phi) is 13.6. The zero-order valence-electron chi connectivity index (χ0n) is 36.0. The van der Waals surface area contributed by atoms with Gasteiger partial charge in [-0.3, -0.25) is 9.59 Å². The van der Waals surface area contributed by atoms with Crippen molar-refractivity contribution >= 4 is 29.8 Å². The van der Waals surface area contributed by atoms with Gasteiger partial charge in [-0.25, -0.2) is 14.4 Å². The number of esters is 3. The fourth-order valence-corrected chi connectivity index (χ4v) is 9.56. The largest absolute Gasteiger partial charge is 0.456 e. The summed E-state index contributed by atoms with van der Waals surface area (Å²) < 4.78 is 29.5. The molecule has 6 rings (SSSR count). The first kappa shape index (κ1) is 47.3. The maximum absolute atomic E-state index is 14.9. The molecule has 2 saturated carbocycles. The molecule has 334 valence electrons. The first-order valence-electron chi connectivity index (χ1n) is 20.4. The minimum Gasteiger partial charge on any atom is -0.456 e. The van der Waals surface area contributed by atoms with Crippen molar-refractivity contribution in [3.63, 3.8) is 0 Å². The van der Waals surface area contributed by atoms with Gasteiger partial charge in [0.1, 0.15) is 35.6 Å². The fourth-order valence-electron chi connectivity index (χ4n) is 9.56. The number of Topliss-reactive ketones (excluding diaryl/α,β-unsaturated/α-hetero) is 1. The van der Waals surface area contributed by atoms with E-state index in [1.54, 1.807) is 90.1 Å². The van der Waals surface area contributed by atoms with E-state index in [0.29, 0.717) is 5.56 Å². The molecular weight excluding hydrogens is 794 g/mol. The Hall–Kier alpha value is -4.71. The summed E-state index contributed by atoms with van der Waals surface area (Å²) in [6, 6.07) is 14.6. The molecule has 11 atom stereocenters. The molecule has 1 saturated heterocycles. The first-order chi connectivity index (χ1) is 28.4. The second-order valence-corrected chi connectivity index (χ2v) is 17.9. The number of alkyl carbamates (subject to hydrolysis) is 1. The number of hydrogen-bond donors (Lipinski definition) is 6. The Morgan fingerprint density at radius 3 is 2.07 bits per heavy atom. The van der Waals surface area contributed by atoms with E-state index in [0.717, 1.165) is 6.92 Å². The van der Waals surface area contributed by atoms with Crippen molar-refractivity contribution in [3.05, 3.63) is 82.9 Å². The van der Waals surface area contributed by atoms with Crippen LogP contribution < -0.4 is 5.32 Å². The van der Waals surface area contributed by atoms with E-state index in [1.165, 1.54) is 26.0 Å². The zero-order valence-corrected chi connectivity index (χ0v) is 36.0. The SMILES string of the molecule is CC(=O)O[C@@]12CO[C@@H]1C[C@H](O)[C@@]1(C)C(=O)[C@H](O)C3=C(C)[C@@H](OC(=O)C(O)[C@@H](NC(=O)OC(C)(C)C)c4ccccc4)C[C@@](O)([C@@H](OC(=O)c4ccccc4)[C@H]21)C3(C)C.CCO. The lowest BCUT2D eigenvalue weighted by atomic mass is 9.44. The smallest absolute Gasteiger partial charge is 0.408 e. The summed E-state index contributed by atoms with van der Waals surface area (Å²) in [5.74, 6) is -5.36. The van der Waals surface area contributed by atoms with E-state index in [1.807, 2.05) is 0 Å². The number of amides is 1. The van der Waals surface area contributed by atoms with Crippen molar-refractivity contribution in [1.82, 2.24) is 5.32 Å². The molecule has 0 radical (unpaired) electrons. The van der Waals surface area contributed by atoms with E-state index in [4.69, 9.17) is 28.8 Å². The number of hydrogen-bond acceptors (Lipinski definition) is 15. The minimum atomic E-state index is -2.35. The number of carbonyl (C=O) groups is 5. The van der Waals surface area contributed by atoms with Gasteiger partial charge in [0, 0.05) is 31.8 Å². The van der Waals surface area contributed by atoms with Gasteiger partial charge >= 0.3 is 24.0 Å². The zero-order chi connectivity index (χ0) is 45.5. The average molecular weight is 854 g/mol. The summed E-state index contributed by atoms with van der Waals surface area (Å²) in [7, 11) is 0. The molecule has 16 heteroatoms. The van der Waals surface area contributed by atoms with Crippen molar-refractivity contribution in [3.8, 4) is 0 Å². The Labute approximate surface area is 355 Å². The molecule has 0 spiro atoms. The maximum Gasteiger partial charge on any atom is 0.408 e. The van der Waals surface area contributed by atoms with E-state index >= 15 is 0 Å². The molecular formula is C45H59NO15. The van der Waals surface area contributed by atoms with Gasteiger partial charge in [-0.15, -0.1) is 0 Å². The predicted octanol–water partition coefficient (Wildman–Crippen LogP) is 3.26. The Morgan fingerprint density at radius 1 is 0.967 bits per heavy atom. The van der Waals surface area contributed by atoms with Gasteiger partial charge in [-0.05, 0) is 70.4 Å². The molecule has 16 nitrogen and oxygen atoms in total. The van der Waals surface area contributed by atoms with Gasteiger partial charge < -0.3 is 54.5 Å². The number of benzene rings is 2. The van der Waals surface area contributed by atoms with Crippen molar-refractivity contribution in [1.29, 1.82) is 0 Å². The van der Waals surface area contributed by atoms with E-state index in [-0.39, 0.29) is 36.3 Å². The number of ether oxygens (including phenoxy) is 5. The highest BCUT2D eigenvalue weighted by Crippen LogP contribution is 2.64. The van der Waals surface area contributed by atoms with Gasteiger partial charge in [0.05, 0.1) is 35.6 Å². The number of rotatable bonds is 8. The second-order valence-electron chi connectivity index (χ2n) is 17.9. The lowest BCUT2D eigenvalue weighted by molar-refractivity contribution is -0.346. The highest BCUT2D eigenvalue weighted by Gasteiger charge is 2.78. The predicted molar refractivity (Wildman–Crippen MR) is 216 cm³/mol. The Balaban J connectivity index is 0.00000228. The summed E-state index contributed by atoms with van der Waals surface area (Å²) in [6.45, 7) is 13.7. The summed E-state index contributed by atoms with van der Waals surface area (Å²) in [5.41, 5.74) is -8.14. The summed E-state index contributed by atoms with van der Waals surface area (Å²) in [6.07, 6.45) is -11.5. The molecule has 1 unspecified atom stereocenters. The normalized spacial score (nSPS) is 32.3. The summed E-state index contributed by atoms with van der Waals surface area (Å²) in [5, 5.41) is 59.1. The van der Waals surface area contributed by atoms with Gasteiger partial charge in [-0.1, -0.05) is 62.4 Å². The van der Waals surface area contributed by atoms with Crippen LogP contribution in [0, 0.1) is 16.7 Å². The highest BCUT2D eigenvalue weighted by molar-refractivity contribution is 5.94.